The first kappa shape index (κ1) is 19.8. The topological polar surface area (TPSA) is 51.5 Å². The van der Waals surface area contributed by atoms with Gasteiger partial charge >= 0.3 is 0 Å². The fourth-order valence-electron chi connectivity index (χ4n) is 3.73. The second-order valence-electron chi connectivity index (χ2n) is 7.08. The highest BCUT2D eigenvalue weighted by Gasteiger charge is 2.15. The standard InChI is InChI=1S/C25H18ClNO3S/c1-29-22-12-17-16-8-2-3-10-20(16)30-21(17)13-19(22)27-24(28)14-31-23-11-5-7-15-6-4-9-18(26)25(15)23/h2-13H,14H2,1H3,(H,27,28). The molecule has 5 aromatic rings. The lowest BCUT2D eigenvalue weighted by atomic mass is 10.1. The lowest BCUT2D eigenvalue weighted by Gasteiger charge is -2.11. The first-order chi connectivity index (χ1) is 15.1. The summed E-state index contributed by atoms with van der Waals surface area (Å²) in [6, 6.07) is 23.3. The molecule has 0 aliphatic carbocycles. The summed E-state index contributed by atoms with van der Waals surface area (Å²) in [5.41, 5.74) is 2.08. The predicted molar refractivity (Wildman–Crippen MR) is 129 cm³/mol. The van der Waals surface area contributed by atoms with Gasteiger partial charge < -0.3 is 14.5 Å². The van der Waals surface area contributed by atoms with Crippen LogP contribution in [-0.2, 0) is 4.79 Å². The highest BCUT2D eigenvalue weighted by Crippen LogP contribution is 2.37. The molecule has 31 heavy (non-hydrogen) atoms. The summed E-state index contributed by atoms with van der Waals surface area (Å²) in [7, 11) is 1.59. The Morgan fingerprint density at radius 2 is 1.81 bits per heavy atom. The van der Waals surface area contributed by atoms with E-state index >= 15 is 0 Å². The van der Waals surface area contributed by atoms with E-state index in [2.05, 4.69) is 5.32 Å². The highest BCUT2D eigenvalue weighted by molar-refractivity contribution is 8.00. The number of hydrogen-bond donors (Lipinski definition) is 1. The van der Waals surface area contributed by atoms with Crippen molar-refractivity contribution in [2.75, 3.05) is 18.2 Å². The SMILES string of the molecule is COc1cc2c(cc1NC(=O)CSc1cccc3cccc(Cl)c13)oc1ccccc12. The van der Waals surface area contributed by atoms with Crippen molar-refractivity contribution in [1.82, 2.24) is 0 Å². The van der Waals surface area contributed by atoms with E-state index in [1.165, 1.54) is 11.8 Å². The number of thioether (sulfide) groups is 1. The molecule has 0 fully saturated rings. The molecule has 0 spiro atoms. The number of benzene rings is 4. The van der Waals surface area contributed by atoms with Gasteiger partial charge in [-0.15, -0.1) is 11.8 Å². The molecular weight excluding hydrogens is 430 g/mol. The zero-order valence-corrected chi connectivity index (χ0v) is 18.2. The quantitative estimate of drug-likeness (QED) is 0.291. The number of halogens is 1. The van der Waals surface area contributed by atoms with Gasteiger partial charge in [0, 0.05) is 32.1 Å². The fraction of sp³-hybridized carbons (Fsp3) is 0.0800. The molecular formula is C25H18ClNO3S. The molecule has 1 amide bonds. The molecule has 1 aromatic heterocycles. The second-order valence-corrected chi connectivity index (χ2v) is 8.50. The Labute approximate surface area is 188 Å². The molecule has 0 saturated carbocycles. The second kappa shape index (κ2) is 8.17. The molecule has 4 nitrogen and oxygen atoms in total. The van der Waals surface area contributed by atoms with Gasteiger partial charge in [-0.2, -0.15) is 0 Å². The Hall–Kier alpha value is -3.15. The zero-order chi connectivity index (χ0) is 21.4. The van der Waals surface area contributed by atoms with Crippen LogP contribution in [0.25, 0.3) is 32.7 Å². The van der Waals surface area contributed by atoms with Crippen LogP contribution in [0.5, 0.6) is 5.75 Å². The number of carbonyl (C=O) groups excluding carboxylic acids is 1. The maximum atomic E-state index is 12.7. The van der Waals surface area contributed by atoms with Crippen molar-refractivity contribution in [2.24, 2.45) is 0 Å². The summed E-state index contributed by atoms with van der Waals surface area (Å²) >= 11 is 7.85. The summed E-state index contributed by atoms with van der Waals surface area (Å²) < 4.78 is 11.5. The van der Waals surface area contributed by atoms with Crippen LogP contribution in [0.3, 0.4) is 0 Å². The molecule has 0 saturated heterocycles. The molecule has 0 bridgehead atoms. The van der Waals surface area contributed by atoms with Crippen LogP contribution in [0, 0.1) is 0 Å². The maximum absolute atomic E-state index is 12.7. The largest absolute Gasteiger partial charge is 0.495 e. The van der Waals surface area contributed by atoms with E-state index < -0.39 is 0 Å². The van der Waals surface area contributed by atoms with E-state index in [9.17, 15) is 4.79 Å². The van der Waals surface area contributed by atoms with E-state index in [1.54, 1.807) is 7.11 Å². The molecule has 0 unspecified atom stereocenters. The van der Waals surface area contributed by atoms with Gasteiger partial charge in [-0.05, 0) is 29.7 Å². The van der Waals surface area contributed by atoms with Crippen molar-refractivity contribution in [3.63, 3.8) is 0 Å². The molecule has 1 N–H and O–H groups in total. The van der Waals surface area contributed by atoms with Gasteiger partial charge in [0.25, 0.3) is 0 Å². The normalized spacial score (nSPS) is 11.3. The van der Waals surface area contributed by atoms with E-state index in [-0.39, 0.29) is 11.7 Å². The van der Waals surface area contributed by atoms with Gasteiger partial charge in [0.15, 0.2) is 0 Å². The number of fused-ring (bicyclic) bond motifs is 4. The van der Waals surface area contributed by atoms with E-state index in [0.717, 1.165) is 32.0 Å². The monoisotopic (exact) mass is 447 g/mol. The first-order valence-corrected chi connectivity index (χ1v) is 11.1. The fourth-order valence-corrected chi connectivity index (χ4v) is 4.98. The number of nitrogens with one attached hydrogen (secondary N) is 1. The predicted octanol–water partition coefficient (Wildman–Crippen LogP) is 7.13. The minimum absolute atomic E-state index is 0.136. The third-order valence-corrected chi connectivity index (χ3v) is 6.52. The average molecular weight is 448 g/mol. The number of amides is 1. The van der Waals surface area contributed by atoms with Crippen LogP contribution in [0.1, 0.15) is 0 Å². The van der Waals surface area contributed by atoms with Crippen LogP contribution < -0.4 is 10.1 Å². The van der Waals surface area contributed by atoms with E-state index in [1.807, 2.05) is 72.8 Å². The van der Waals surface area contributed by atoms with Gasteiger partial charge in [0.05, 0.1) is 18.6 Å². The number of methoxy groups -OCH3 is 1. The minimum atomic E-state index is -0.136. The average Bonchev–Trinajstić information content (AvgIpc) is 3.14. The Bertz CT molecular complexity index is 1440. The number of para-hydroxylation sites is 1. The number of anilines is 1. The van der Waals surface area contributed by atoms with Gasteiger partial charge in [0.2, 0.25) is 5.91 Å². The van der Waals surface area contributed by atoms with E-state index in [0.29, 0.717) is 22.0 Å². The Balaban J connectivity index is 1.40. The van der Waals surface area contributed by atoms with Crippen LogP contribution in [0.2, 0.25) is 5.02 Å². The number of hydrogen-bond acceptors (Lipinski definition) is 4. The van der Waals surface area contributed by atoms with Crippen molar-refractivity contribution >= 4 is 67.7 Å². The molecule has 5 rings (SSSR count). The number of carbonyl (C=O) groups is 1. The van der Waals surface area contributed by atoms with Crippen molar-refractivity contribution < 1.29 is 13.9 Å². The lowest BCUT2D eigenvalue weighted by molar-refractivity contribution is -0.113. The number of furan rings is 1. The minimum Gasteiger partial charge on any atom is -0.495 e. The van der Waals surface area contributed by atoms with Crippen molar-refractivity contribution in [1.29, 1.82) is 0 Å². The van der Waals surface area contributed by atoms with Crippen molar-refractivity contribution in [3.8, 4) is 5.75 Å². The molecule has 0 aliphatic rings. The Morgan fingerprint density at radius 3 is 2.65 bits per heavy atom. The summed E-state index contributed by atoms with van der Waals surface area (Å²) in [6.45, 7) is 0. The molecule has 1 heterocycles. The highest BCUT2D eigenvalue weighted by atomic mass is 35.5. The number of rotatable bonds is 5. The summed E-state index contributed by atoms with van der Waals surface area (Å²) in [5.74, 6) is 0.694. The maximum Gasteiger partial charge on any atom is 0.234 e. The van der Waals surface area contributed by atoms with Crippen LogP contribution in [0.15, 0.2) is 82.1 Å². The molecule has 154 valence electrons. The molecule has 0 aliphatic heterocycles. The zero-order valence-electron chi connectivity index (χ0n) is 16.6. The van der Waals surface area contributed by atoms with Crippen molar-refractivity contribution in [2.45, 2.75) is 4.90 Å². The van der Waals surface area contributed by atoms with Gasteiger partial charge in [-0.25, -0.2) is 0 Å². The summed E-state index contributed by atoms with van der Waals surface area (Å²) in [4.78, 5) is 13.7. The molecule has 0 radical (unpaired) electrons. The molecule has 0 atom stereocenters. The van der Waals surface area contributed by atoms with Crippen LogP contribution >= 0.6 is 23.4 Å². The molecule has 4 aromatic carbocycles. The van der Waals surface area contributed by atoms with Crippen LogP contribution in [-0.4, -0.2) is 18.8 Å². The van der Waals surface area contributed by atoms with Gasteiger partial charge in [-0.3, -0.25) is 4.79 Å². The number of ether oxygens (including phenoxy) is 1. The lowest BCUT2D eigenvalue weighted by Crippen LogP contribution is -2.14. The first-order valence-electron chi connectivity index (χ1n) is 9.73. The van der Waals surface area contributed by atoms with Gasteiger partial charge in [0.1, 0.15) is 16.9 Å². The Morgan fingerprint density at radius 1 is 1.00 bits per heavy atom. The Kier molecular flexibility index (Phi) is 5.22. The van der Waals surface area contributed by atoms with E-state index in [4.69, 9.17) is 20.8 Å². The third-order valence-electron chi connectivity index (χ3n) is 5.15. The summed E-state index contributed by atoms with van der Waals surface area (Å²) in [6.07, 6.45) is 0. The van der Waals surface area contributed by atoms with Gasteiger partial charge in [-0.1, -0.05) is 54.1 Å². The smallest absolute Gasteiger partial charge is 0.234 e. The van der Waals surface area contributed by atoms with Crippen LogP contribution in [0.4, 0.5) is 5.69 Å². The summed E-state index contributed by atoms with van der Waals surface area (Å²) in [5, 5.41) is 7.61. The molecule has 6 heteroatoms. The van der Waals surface area contributed by atoms with Crippen molar-refractivity contribution in [3.05, 3.63) is 77.8 Å². The third kappa shape index (κ3) is 3.71.